The molecule has 12 aromatic carbocycles. The van der Waals surface area contributed by atoms with E-state index in [0.717, 1.165) is 142 Å². The SMILES string of the molecule is O=C(/C=C/c1c(Br)cccc1Br)Nc1ccc(S(=O)(=O)N2CCCCC2)cc1.O=C(/C=C/c1ccc(Br)cc1)Nc1ccc(S(=O)(=O)N2CCCc3ccccc32)cc1.O=C(/C=C/c1ccc(Br)cc1)Nc1ccc(S(=O)(=O)N2CCc3ccccc3C2)cc1.O=C(/C=C/c1cccc(Br)c1)Nc1ccc(S(=O)(=O)N2CCCCC2)cc1.O=C(/C=C/c1ccccc1Br)Nc1ccc(S(=O)(=O)N2CCCCC2)cc1. The molecule has 25 nitrogen and oxygen atoms in total. The number of nitrogens with zero attached hydrogens (tertiary/aromatic N) is 5. The summed E-state index contributed by atoms with van der Waals surface area (Å²) in [6.07, 6.45) is 26.8. The quantitative estimate of drug-likeness (QED) is 0.0332. The minimum absolute atomic E-state index is 0.201. The summed E-state index contributed by atoms with van der Waals surface area (Å²) in [5.74, 6) is -1.43. The number of hydrogen-bond acceptors (Lipinski definition) is 15. The van der Waals surface area contributed by atoms with E-state index in [-0.39, 0.29) is 54.0 Å². The molecule has 0 aliphatic carbocycles. The highest BCUT2D eigenvalue weighted by atomic mass is 79.9. The fourth-order valence-electron chi connectivity index (χ4n) is 15.8. The Hall–Kier alpha value is -11.0. The second kappa shape index (κ2) is 52.8. The van der Waals surface area contributed by atoms with E-state index in [2.05, 4.69) is 122 Å². The van der Waals surface area contributed by atoms with Crippen LogP contribution >= 0.6 is 95.6 Å². The Morgan fingerprint density at radius 2 is 0.576 bits per heavy atom. The molecule has 0 unspecified atom stereocenters. The molecular weight excluding hydrogens is 2320 g/mol. The van der Waals surface area contributed by atoms with E-state index in [0.29, 0.717) is 93.8 Å². The van der Waals surface area contributed by atoms with Gasteiger partial charge in [-0.3, -0.25) is 28.3 Å². The third kappa shape index (κ3) is 31.7. The minimum Gasteiger partial charge on any atom is -0.323 e. The number of sulfonamides is 5. The van der Waals surface area contributed by atoms with Crippen LogP contribution < -0.4 is 30.9 Å². The number of fused-ring (bicyclic) bond motifs is 2. The van der Waals surface area contributed by atoms with Crippen LogP contribution in [0.15, 0.2) is 367 Å². The second-order valence-electron chi connectivity index (χ2n) is 33.6. The molecule has 5 aliphatic heterocycles. The lowest BCUT2D eigenvalue weighted by Crippen LogP contribution is -2.35. The van der Waals surface area contributed by atoms with Crippen LogP contribution in [-0.4, -0.2) is 141 Å². The molecule has 0 bridgehead atoms. The van der Waals surface area contributed by atoms with Crippen molar-refractivity contribution in [3.63, 3.8) is 0 Å². The number of rotatable bonds is 25. The predicted molar refractivity (Wildman–Crippen MR) is 594 cm³/mol. The number of carbonyl (C=O) groups excluding carboxylic acids is 5. The highest BCUT2D eigenvalue weighted by Crippen LogP contribution is 2.35. The smallest absolute Gasteiger partial charge is 0.264 e. The molecule has 144 heavy (non-hydrogen) atoms. The van der Waals surface area contributed by atoms with E-state index in [4.69, 9.17) is 0 Å². The molecule has 3 saturated heterocycles. The Bertz CT molecular complexity index is 7290. The third-order valence-electron chi connectivity index (χ3n) is 23.4. The van der Waals surface area contributed by atoms with Crippen LogP contribution in [0.2, 0.25) is 0 Å². The van der Waals surface area contributed by atoms with Crippen LogP contribution in [0.4, 0.5) is 34.1 Å². The van der Waals surface area contributed by atoms with Gasteiger partial charge in [0.15, 0.2) is 0 Å². The summed E-state index contributed by atoms with van der Waals surface area (Å²) in [5.41, 5.74) is 11.2. The van der Waals surface area contributed by atoms with Gasteiger partial charge in [0, 0.05) is 150 Å². The van der Waals surface area contributed by atoms with Crippen molar-refractivity contribution in [2.24, 2.45) is 0 Å². The minimum atomic E-state index is -3.67. The fourth-order valence-corrected chi connectivity index (χ4v) is 25.9. The molecule has 0 atom stereocenters. The molecule has 5 N–H and O–H groups in total. The maximum Gasteiger partial charge on any atom is 0.264 e. The Labute approximate surface area is 892 Å². The number of para-hydroxylation sites is 1. The first-order chi connectivity index (χ1) is 69.1. The van der Waals surface area contributed by atoms with Gasteiger partial charge in [0.2, 0.25) is 69.6 Å². The second-order valence-corrected chi connectivity index (χ2v) is 48.5. The van der Waals surface area contributed by atoms with Gasteiger partial charge in [0.25, 0.3) is 10.0 Å². The Morgan fingerprint density at radius 3 is 0.972 bits per heavy atom. The Balaban J connectivity index is 0.000000151. The number of amides is 5. The third-order valence-corrected chi connectivity index (χ3v) is 36.5. The Morgan fingerprint density at radius 1 is 0.250 bits per heavy atom. The fraction of sp³-hybridized carbons (Fsp3) is 0.194. The van der Waals surface area contributed by atoms with Crippen molar-refractivity contribution in [2.45, 2.75) is 108 Å². The van der Waals surface area contributed by atoms with Gasteiger partial charge < -0.3 is 26.6 Å². The summed E-state index contributed by atoms with van der Waals surface area (Å²) in [6, 6.07) is 83.0. The van der Waals surface area contributed by atoms with Gasteiger partial charge in [-0.25, -0.2) is 42.1 Å². The van der Waals surface area contributed by atoms with Gasteiger partial charge in [-0.15, -0.1) is 0 Å². The normalized spacial score (nSPS) is 15.0. The van der Waals surface area contributed by atoms with Crippen molar-refractivity contribution >= 4 is 240 Å². The number of aryl methyl sites for hydroxylation is 1. The van der Waals surface area contributed by atoms with Crippen molar-refractivity contribution in [1.82, 2.24) is 17.2 Å². The maximum atomic E-state index is 13.2. The van der Waals surface area contributed by atoms with E-state index >= 15 is 0 Å². The van der Waals surface area contributed by atoms with Crippen LogP contribution in [0, 0.1) is 0 Å². The number of piperidine rings is 3. The molecule has 0 spiro atoms. The van der Waals surface area contributed by atoms with Gasteiger partial charge in [0.1, 0.15) is 0 Å². The topological polar surface area (TPSA) is 332 Å². The summed E-state index contributed by atoms with van der Waals surface area (Å²) in [4.78, 5) is 61.9. The van der Waals surface area contributed by atoms with Crippen molar-refractivity contribution in [2.75, 3.05) is 83.2 Å². The van der Waals surface area contributed by atoms with Gasteiger partial charge >= 0.3 is 0 Å². The van der Waals surface area contributed by atoms with Crippen molar-refractivity contribution in [1.29, 1.82) is 0 Å². The molecule has 3 fully saturated rings. The lowest BCUT2D eigenvalue weighted by atomic mass is 10.0. The molecular formula is C108H104Br6N10O15S5. The predicted octanol–water partition coefficient (Wildman–Crippen LogP) is 23.7. The largest absolute Gasteiger partial charge is 0.323 e. The number of halogens is 6. The van der Waals surface area contributed by atoms with Crippen LogP contribution in [-0.2, 0) is 93.5 Å². The lowest BCUT2D eigenvalue weighted by Gasteiger charge is -2.30. The zero-order valence-electron chi connectivity index (χ0n) is 77.9. The van der Waals surface area contributed by atoms with Gasteiger partial charge in [-0.05, 0) is 309 Å². The van der Waals surface area contributed by atoms with Crippen LogP contribution in [0.25, 0.3) is 30.4 Å². The van der Waals surface area contributed by atoms with Crippen molar-refractivity contribution in [3.8, 4) is 0 Å². The van der Waals surface area contributed by atoms with Crippen LogP contribution in [0.1, 0.15) is 109 Å². The number of anilines is 6. The van der Waals surface area contributed by atoms with E-state index in [1.807, 2.05) is 164 Å². The number of benzene rings is 12. The molecule has 5 heterocycles. The highest BCUT2D eigenvalue weighted by molar-refractivity contribution is 9.11. The van der Waals surface area contributed by atoms with Gasteiger partial charge in [-0.2, -0.15) is 17.2 Å². The van der Waals surface area contributed by atoms with E-state index in [1.165, 1.54) is 118 Å². The maximum absolute atomic E-state index is 13.2. The average Bonchev–Trinajstić information content (AvgIpc) is 0.756. The number of hydrogen-bond donors (Lipinski definition) is 5. The summed E-state index contributed by atoms with van der Waals surface area (Å²) >= 11 is 20.5. The monoisotopic (exact) mass is 2410 g/mol. The first-order valence-corrected chi connectivity index (χ1v) is 58.2. The average molecular weight is 2420 g/mol. The van der Waals surface area contributed by atoms with Crippen molar-refractivity contribution in [3.05, 3.63) is 387 Å². The zero-order valence-corrected chi connectivity index (χ0v) is 91.5. The molecule has 5 amide bonds. The summed E-state index contributed by atoms with van der Waals surface area (Å²) < 4.78 is 141. The van der Waals surface area contributed by atoms with Crippen LogP contribution in [0.3, 0.4) is 0 Å². The summed E-state index contributed by atoms with van der Waals surface area (Å²) in [6.45, 7) is 4.70. The van der Waals surface area contributed by atoms with E-state index in [9.17, 15) is 66.1 Å². The molecule has 0 aromatic heterocycles. The molecule has 12 aromatic rings. The van der Waals surface area contributed by atoms with Crippen LogP contribution in [0.5, 0.6) is 0 Å². The zero-order chi connectivity index (χ0) is 102. The molecule has 36 heteroatoms. The van der Waals surface area contributed by atoms with E-state index < -0.39 is 50.1 Å². The summed E-state index contributed by atoms with van der Waals surface area (Å²) in [5, 5.41) is 13.7. The number of carbonyl (C=O) groups is 5. The molecule has 17 rings (SSSR count). The Kier molecular flexibility index (Phi) is 40.4. The standard InChI is InChI=1S/2C24H21BrN2O3S.C20H20Br2N2O3S.2C20H21BrN2O3S/c25-20-10-7-18(8-11-20)9-16-24(28)26-21-12-14-22(15-13-21)31(29,30)27-17-3-5-19-4-1-2-6-23(19)27;25-21-8-5-18(6-9-21)7-14-24(28)26-22-10-12-23(13-11-22)31(29,30)27-16-15-19-3-1-2-4-20(19)17-27;21-18-5-4-6-19(22)17(18)11-12-20(25)23-15-7-9-16(10-8-15)28(26,27)24-13-2-1-3-14-24;21-19-7-3-2-6-16(19)8-13-20(24)22-17-9-11-18(12-10-17)27(25,26)23-14-4-1-5-15-23;21-17-6-4-5-16(15-17)7-12-20(24)22-18-8-10-19(11-9-18)27(25,26)23-13-2-1-3-14-23/h1-2,4,6-16H,3,5,17H2,(H,26,28);1-14H,15-17H2,(H,26,28);4-12H,1-3,13-14H2,(H,23,25);2-3,6-13H,1,4-5,14-15H2,(H,22,24);4-12,15H,1-3,13-14H2,(H,22,24)/b16-9+;14-7+;12-11+;13-8+;12-7+. The number of nitrogens with one attached hydrogen (secondary N) is 5. The highest BCUT2D eigenvalue weighted by Gasteiger charge is 2.33. The molecule has 748 valence electrons. The lowest BCUT2D eigenvalue weighted by molar-refractivity contribution is -0.112. The molecule has 5 aliphatic rings. The van der Waals surface area contributed by atoms with E-state index in [1.54, 1.807) is 91.0 Å². The first-order valence-electron chi connectivity index (χ1n) is 46.2. The first kappa shape index (κ1) is 110. The summed E-state index contributed by atoms with van der Waals surface area (Å²) in [7, 11) is -17.6. The molecule has 0 saturated carbocycles. The van der Waals surface area contributed by atoms with Crippen molar-refractivity contribution < 1.29 is 66.1 Å². The van der Waals surface area contributed by atoms with Gasteiger partial charge in [-0.1, -0.05) is 218 Å². The van der Waals surface area contributed by atoms with Gasteiger partial charge in [0.05, 0.1) is 30.2 Å². The molecule has 0 radical (unpaired) electrons.